The van der Waals surface area contributed by atoms with Crippen LogP contribution in [0.1, 0.15) is 10.4 Å². The van der Waals surface area contributed by atoms with Crippen molar-refractivity contribution in [1.82, 2.24) is 5.43 Å². The highest BCUT2D eigenvalue weighted by atomic mass is 35.5. The van der Waals surface area contributed by atoms with Crippen LogP contribution in [0.5, 0.6) is 0 Å². The topological polar surface area (TPSA) is 73.4 Å². The molecule has 2 aromatic carbocycles. The highest BCUT2D eigenvalue weighted by Crippen LogP contribution is 2.25. The molecule has 0 bridgehead atoms. The van der Waals surface area contributed by atoms with Crippen molar-refractivity contribution in [2.75, 3.05) is 10.7 Å². The summed E-state index contributed by atoms with van der Waals surface area (Å²) in [5, 5.41) is 13.0. The fourth-order valence-electron chi connectivity index (χ4n) is 1.57. The molecule has 2 rings (SSSR count). The summed E-state index contributed by atoms with van der Waals surface area (Å²) in [6.07, 6.45) is 0. The molecule has 0 aliphatic rings. The first-order chi connectivity index (χ1) is 10.5. The molecule has 0 unspecified atom stereocenters. The summed E-state index contributed by atoms with van der Waals surface area (Å²) in [7, 11) is 0. The molecule has 0 aliphatic heterocycles. The van der Waals surface area contributed by atoms with Crippen LogP contribution in [0.2, 0.25) is 10.0 Å². The Balaban J connectivity index is 1.91. The second kappa shape index (κ2) is 7.31. The summed E-state index contributed by atoms with van der Waals surface area (Å²) in [4.78, 5) is 10.7. The zero-order valence-corrected chi connectivity index (χ0v) is 13.4. The van der Waals surface area contributed by atoms with Gasteiger partial charge in [-0.05, 0) is 54.7 Å². The van der Waals surface area contributed by atoms with Crippen molar-refractivity contribution in [1.29, 1.82) is 0 Å². The van der Waals surface area contributed by atoms with Crippen molar-refractivity contribution < 1.29 is 9.90 Å². The Morgan fingerprint density at radius 1 is 1.09 bits per heavy atom. The van der Waals surface area contributed by atoms with Gasteiger partial charge >= 0.3 is 5.97 Å². The standard InChI is InChI=1S/C14H11Cl2N3O2S/c15-9-3-6-12(11(16)7-9)17-14(22)19-18-10-4-1-8(2-5-10)13(20)21/h1-7,18H,(H,20,21)(H2,17,19,22). The summed E-state index contributed by atoms with van der Waals surface area (Å²) >= 11 is 17.0. The number of hydrogen-bond acceptors (Lipinski definition) is 3. The van der Waals surface area contributed by atoms with Crippen LogP contribution in [0.25, 0.3) is 0 Å². The summed E-state index contributed by atoms with van der Waals surface area (Å²) in [6, 6.07) is 11.2. The third kappa shape index (κ3) is 4.49. The normalized spacial score (nSPS) is 9.91. The van der Waals surface area contributed by atoms with Crippen LogP contribution in [0.15, 0.2) is 42.5 Å². The van der Waals surface area contributed by atoms with Gasteiger partial charge in [0.25, 0.3) is 0 Å². The largest absolute Gasteiger partial charge is 0.478 e. The number of rotatable bonds is 4. The Morgan fingerprint density at radius 2 is 1.77 bits per heavy atom. The molecule has 4 N–H and O–H groups in total. The van der Waals surface area contributed by atoms with Crippen LogP contribution in [0.3, 0.4) is 0 Å². The molecule has 5 nitrogen and oxygen atoms in total. The number of aromatic carboxylic acids is 1. The van der Waals surface area contributed by atoms with E-state index in [1.807, 2.05) is 0 Å². The van der Waals surface area contributed by atoms with E-state index in [9.17, 15) is 4.79 Å². The van der Waals surface area contributed by atoms with Crippen LogP contribution in [-0.2, 0) is 0 Å². The molecule has 2 aromatic rings. The van der Waals surface area contributed by atoms with Crippen molar-refractivity contribution in [3.8, 4) is 0 Å². The predicted octanol–water partition coefficient (Wildman–Crippen LogP) is 4.01. The molecular weight excluding hydrogens is 345 g/mol. The van der Waals surface area contributed by atoms with Gasteiger partial charge in [-0.15, -0.1) is 0 Å². The Morgan fingerprint density at radius 3 is 2.36 bits per heavy atom. The van der Waals surface area contributed by atoms with Gasteiger partial charge in [0.15, 0.2) is 5.11 Å². The first kappa shape index (κ1) is 16.4. The minimum atomic E-state index is -0.978. The number of hydrazine groups is 1. The zero-order chi connectivity index (χ0) is 16.1. The van der Waals surface area contributed by atoms with E-state index in [1.54, 1.807) is 30.3 Å². The summed E-state index contributed by atoms with van der Waals surface area (Å²) < 4.78 is 0. The molecule has 0 atom stereocenters. The van der Waals surface area contributed by atoms with Gasteiger partial charge in [-0.1, -0.05) is 23.2 Å². The van der Waals surface area contributed by atoms with E-state index in [0.717, 1.165) is 0 Å². The van der Waals surface area contributed by atoms with Gasteiger partial charge in [-0.2, -0.15) is 0 Å². The van der Waals surface area contributed by atoms with Crippen molar-refractivity contribution >= 4 is 57.9 Å². The molecule has 22 heavy (non-hydrogen) atoms. The van der Waals surface area contributed by atoms with E-state index in [-0.39, 0.29) is 5.56 Å². The Kier molecular flexibility index (Phi) is 5.43. The number of thiocarbonyl (C=S) groups is 1. The van der Waals surface area contributed by atoms with Crippen LogP contribution in [-0.4, -0.2) is 16.2 Å². The Labute approximate surface area is 142 Å². The lowest BCUT2D eigenvalue weighted by Crippen LogP contribution is -2.33. The lowest BCUT2D eigenvalue weighted by atomic mass is 10.2. The summed E-state index contributed by atoms with van der Waals surface area (Å²) in [5.41, 5.74) is 7.10. The minimum absolute atomic E-state index is 0.208. The second-order valence-electron chi connectivity index (χ2n) is 4.21. The van der Waals surface area contributed by atoms with Gasteiger partial charge in [0.05, 0.1) is 22.0 Å². The number of carboxylic acid groups (broad SMARTS) is 1. The summed E-state index contributed by atoms with van der Waals surface area (Å²) in [5.74, 6) is -0.978. The highest BCUT2D eigenvalue weighted by Gasteiger charge is 2.04. The van der Waals surface area contributed by atoms with Crippen LogP contribution in [0, 0.1) is 0 Å². The predicted molar refractivity (Wildman–Crippen MR) is 92.8 cm³/mol. The number of benzene rings is 2. The third-order valence-electron chi connectivity index (χ3n) is 2.63. The number of nitrogens with one attached hydrogen (secondary N) is 3. The highest BCUT2D eigenvalue weighted by molar-refractivity contribution is 7.80. The van der Waals surface area contributed by atoms with Crippen molar-refractivity contribution in [3.05, 3.63) is 58.1 Å². The fourth-order valence-corrected chi connectivity index (χ4v) is 2.19. The fraction of sp³-hybridized carbons (Fsp3) is 0. The molecule has 8 heteroatoms. The maximum Gasteiger partial charge on any atom is 0.335 e. The third-order valence-corrected chi connectivity index (χ3v) is 3.38. The van der Waals surface area contributed by atoms with E-state index in [0.29, 0.717) is 26.5 Å². The SMILES string of the molecule is O=C(O)c1ccc(NNC(=S)Nc2ccc(Cl)cc2Cl)cc1. The molecule has 0 saturated carbocycles. The first-order valence-electron chi connectivity index (χ1n) is 6.07. The van der Waals surface area contributed by atoms with Crippen molar-refractivity contribution in [2.45, 2.75) is 0 Å². The monoisotopic (exact) mass is 355 g/mol. The Bertz CT molecular complexity index is 708. The molecule has 0 amide bonds. The molecule has 0 fully saturated rings. The lowest BCUT2D eigenvalue weighted by molar-refractivity contribution is 0.0697. The molecule has 114 valence electrons. The van der Waals surface area contributed by atoms with Crippen LogP contribution < -0.4 is 16.2 Å². The average molecular weight is 356 g/mol. The first-order valence-corrected chi connectivity index (χ1v) is 7.23. The van der Waals surface area contributed by atoms with Crippen molar-refractivity contribution in [2.24, 2.45) is 0 Å². The number of carboxylic acids is 1. The molecule has 0 saturated heterocycles. The molecule has 0 radical (unpaired) electrons. The molecule has 0 heterocycles. The number of halogens is 2. The lowest BCUT2D eigenvalue weighted by Gasteiger charge is -2.13. The Hall–Kier alpha value is -2.02. The van der Waals surface area contributed by atoms with Gasteiger partial charge in [0.2, 0.25) is 0 Å². The van der Waals surface area contributed by atoms with Gasteiger partial charge < -0.3 is 10.4 Å². The van der Waals surface area contributed by atoms with Crippen LogP contribution in [0.4, 0.5) is 11.4 Å². The smallest absolute Gasteiger partial charge is 0.335 e. The quantitative estimate of drug-likeness (QED) is 0.490. The number of anilines is 2. The summed E-state index contributed by atoms with van der Waals surface area (Å²) in [6.45, 7) is 0. The van der Waals surface area contributed by atoms with Gasteiger partial charge in [0.1, 0.15) is 0 Å². The van der Waals surface area contributed by atoms with Gasteiger partial charge in [-0.3, -0.25) is 10.9 Å². The van der Waals surface area contributed by atoms with E-state index < -0.39 is 5.97 Å². The second-order valence-corrected chi connectivity index (χ2v) is 5.46. The molecular formula is C14H11Cl2N3O2S. The molecule has 0 aliphatic carbocycles. The molecule has 0 spiro atoms. The van der Waals surface area contributed by atoms with Gasteiger partial charge in [-0.25, -0.2) is 4.79 Å². The van der Waals surface area contributed by atoms with Crippen LogP contribution >= 0.6 is 35.4 Å². The van der Waals surface area contributed by atoms with E-state index in [2.05, 4.69) is 16.2 Å². The zero-order valence-electron chi connectivity index (χ0n) is 11.1. The van der Waals surface area contributed by atoms with Crippen molar-refractivity contribution in [3.63, 3.8) is 0 Å². The number of hydrogen-bond donors (Lipinski definition) is 4. The number of carbonyl (C=O) groups is 1. The van der Waals surface area contributed by atoms with E-state index >= 15 is 0 Å². The maximum atomic E-state index is 10.7. The molecule has 0 aromatic heterocycles. The minimum Gasteiger partial charge on any atom is -0.478 e. The van der Waals surface area contributed by atoms with E-state index in [1.165, 1.54) is 12.1 Å². The average Bonchev–Trinajstić information content (AvgIpc) is 2.48. The van der Waals surface area contributed by atoms with E-state index in [4.69, 9.17) is 40.5 Å². The van der Waals surface area contributed by atoms with Gasteiger partial charge in [0, 0.05) is 5.02 Å². The maximum absolute atomic E-state index is 10.7.